The Hall–Kier alpha value is -1.96. The van der Waals surface area contributed by atoms with Crippen molar-refractivity contribution in [2.75, 3.05) is 24.7 Å². The van der Waals surface area contributed by atoms with Gasteiger partial charge in [-0.2, -0.15) is 0 Å². The van der Waals surface area contributed by atoms with Gasteiger partial charge in [0.05, 0.1) is 0 Å². The van der Waals surface area contributed by atoms with Gasteiger partial charge in [-0.25, -0.2) is 0 Å². The van der Waals surface area contributed by atoms with E-state index in [0.29, 0.717) is 0 Å². The molecule has 0 fully saturated rings. The zero-order valence-electron chi connectivity index (χ0n) is 10.6. The quantitative estimate of drug-likeness (QED) is 0.796. The lowest BCUT2D eigenvalue weighted by atomic mass is 10.0. The lowest BCUT2D eigenvalue weighted by Gasteiger charge is -2.13. The van der Waals surface area contributed by atoms with E-state index in [2.05, 4.69) is 42.2 Å². The molecule has 2 aromatic rings. The molecule has 0 spiro atoms. The molecule has 2 aromatic carbocycles. The molecule has 0 unspecified atom stereocenters. The highest BCUT2D eigenvalue weighted by Crippen LogP contribution is 2.25. The summed E-state index contributed by atoms with van der Waals surface area (Å²) >= 11 is 0. The van der Waals surface area contributed by atoms with Gasteiger partial charge >= 0.3 is 0 Å². The number of hydrogen-bond acceptors (Lipinski definition) is 2. The van der Waals surface area contributed by atoms with Crippen molar-refractivity contribution in [3.8, 4) is 11.1 Å². The SMILES string of the molecule is Cc1cc(N)cc(-c2ccc(N(C)C)cc2)c1. The highest BCUT2D eigenvalue weighted by atomic mass is 15.1. The fourth-order valence-electron chi connectivity index (χ4n) is 1.93. The lowest BCUT2D eigenvalue weighted by Crippen LogP contribution is -2.07. The molecule has 0 bridgehead atoms. The van der Waals surface area contributed by atoms with E-state index in [4.69, 9.17) is 5.73 Å². The third-order valence-electron chi connectivity index (χ3n) is 2.82. The van der Waals surface area contributed by atoms with Crippen LogP contribution >= 0.6 is 0 Å². The number of nitrogen functional groups attached to an aromatic ring is 1. The summed E-state index contributed by atoms with van der Waals surface area (Å²) in [5.41, 5.74) is 11.5. The minimum Gasteiger partial charge on any atom is -0.399 e. The van der Waals surface area contributed by atoms with Crippen molar-refractivity contribution in [1.29, 1.82) is 0 Å². The average molecular weight is 226 g/mol. The van der Waals surface area contributed by atoms with Crippen LogP contribution in [0.3, 0.4) is 0 Å². The number of rotatable bonds is 2. The van der Waals surface area contributed by atoms with Crippen LogP contribution in [-0.2, 0) is 0 Å². The van der Waals surface area contributed by atoms with Crippen molar-refractivity contribution < 1.29 is 0 Å². The van der Waals surface area contributed by atoms with E-state index in [1.807, 2.05) is 26.2 Å². The van der Waals surface area contributed by atoms with Crippen LogP contribution in [0.15, 0.2) is 42.5 Å². The summed E-state index contributed by atoms with van der Waals surface area (Å²) in [7, 11) is 4.08. The maximum absolute atomic E-state index is 5.87. The molecule has 0 aliphatic carbocycles. The normalized spacial score (nSPS) is 10.3. The van der Waals surface area contributed by atoms with Crippen molar-refractivity contribution in [1.82, 2.24) is 0 Å². The first kappa shape index (κ1) is 11.5. The van der Waals surface area contributed by atoms with Crippen LogP contribution in [0.25, 0.3) is 11.1 Å². The summed E-state index contributed by atoms with van der Waals surface area (Å²) in [6.45, 7) is 2.06. The van der Waals surface area contributed by atoms with Gasteiger partial charge in [0.2, 0.25) is 0 Å². The first-order valence-corrected chi connectivity index (χ1v) is 5.71. The standard InChI is InChI=1S/C15H18N2/c1-11-8-13(10-14(16)9-11)12-4-6-15(7-5-12)17(2)3/h4-10H,16H2,1-3H3. The van der Waals surface area contributed by atoms with Gasteiger partial charge < -0.3 is 10.6 Å². The Balaban J connectivity index is 2.39. The molecule has 0 saturated heterocycles. The van der Waals surface area contributed by atoms with Gasteiger partial charge in [-0.3, -0.25) is 0 Å². The zero-order valence-corrected chi connectivity index (χ0v) is 10.6. The Morgan fingerprint density at radius 1 is 0.882 bits per heavy atom. The maximum Gasteiger partial charge on any atom is 0.0361 e. The first-order chi connectivity index (χ1) is 8.06. The van der Waals surface area contributed by atoms with Gasteiger partial charge in [0.1, 0.15) is 0 Å². The second kappa shape index (κ2) is 4.50. The number of nitrogens with two attached hydrogens (primary N) is 1. The second-order valence-corrected chi connectivity index (χ2v) is 4.57. The van der Waals surface area contributed by atoms with E-state index in [9.17, 15) is 0 Å². The summed E-state index contributed by atoms with van der Waals surface area (Å²) in [4.78, 5) is 2.09. The lowest BCUT2D eigenvalue weighted by molar-refractivity contribution is 1.13. The van der Waals surface area contributed by atoms with E-state index in [1.165, 1.54) is 22.4 Å². The Kier molecular flexibility index (Phi) is 3.05. The molecule has 0 radical (unpaired) electrons. The molecule has 0 aliphatic rings. The fourth-order valence-corrected chi connectivity index (χ4v) is 1.93. The first-order valence-electron chi connectivity index (χ1n) is 5.71. The van der Waals surface area contributed by atoms with Gasteiger partial charge in [-0.05, 0) is 47.9 Å². The third-order valence-corrected chi connectivity index (χ3v) is 2.82. The zero-order chi connectivity index (χ0) is 12.4. The van der Waals surface area contributed by atoms with Gasteiger partial charge in [-0.1, -0.05) is 18.2 Å². The van der Waals surface area contributed by atoms with Gasteiger partial charge in [0.25, 0.3) is 0 Å². The molecule has 2 heteroatoms. The molecule has 0 aliphatic heterocycles. The molecule has 0 saturated carbocycles. The summed E-state index contributed by atoms with van der Waals surface area (Å²) in [5, 5.41) is 0. The highest BCUT2D eigenvalue weighted by Gasteiger charge is 2.01. The molecule has 88 valence electrons. The topological polar surface area (TPSA) is 29.3 Å². The number of aryl methyl sites for hydroxylation is 1. The molecule has 0 aromatic heterocycles. The molecule has 2 nitrogen and oxygen atoms in total. The molecular weight excluding hydrogens is 208 g/mol. The van der Waals surface area contributed by atoms with E-state index >= 15 is 0 Å². The Morgan fingerprint density at radius 3 is 2.06 bits per heavy atom. The van der Waals surface area contributed by atoms with Gasteiger partial charge in [0.15, 0.2) is 0 Å². The number of nitrogens with zero attached hydrogens (tertiary/aromatic N) is 1. The van der Waals surface area contributed by atoms with Crippen molar-refractivity contribution in [2.24, 2.45) is 0 Å². The highest BCUT2D eigenvalue weighted by molar-refractivity contribution is 5.70. The fraction of sp³-hybridized carbons (Fsp3) is 0.200. The van der Waals surface area contributed by atoms with E-state index < -0.39 is 0 Å². The van der Waals surface area contributed by atoms with Crippen LogP contribution in [0.5, 0.6) is 0 Å². The number of anilines is 2. The smallest absolute Gasteiger partial charge is 0.0361 e. The Labute approximate surface area is 103 Å². The molecule has 17 heavy (non-hydrogen) atoms. The molecule has 0 amide bonds. The van der Waals surface area contributed by atoms with Crippen LogP contribution in [0.1, 0.15) is 5.56 Å². The molecule has 2 N–H and O–H groups in total. The van der Waals surface area contributed by atoms with Crippen LogP contribution in [0.2, 0.25) is 0 Å². The summed E-state index contributed by atoms with van der Waals surface area (Å²) in [6, 6.07) is 14.6. The molecule has 0 atom stereocenters. The van der Waals surface area contributed by atoms with Crippen LogP contribution in [0, 0.1) is 6.92 Å². The number of hydrogen-bond donors (Lipinski definition) is 1. The maximum atomic E-state index is 5.87. The van der Waals surface area contributed by atoms with E-state index in [1.54, 1.807) is 0 Å². The number of benzene rings is 2. The Bertz CT molecular complexity index is 493. The minimum absolute atomic E-state index is 0.816. The third kappa shape index (κ3) is 2.59. The van der Waals surface area contributed by atoms with Crippen LogP contribution in [0.4, 0.5) is 11.4 Å². The summed E-state index contributed by atoms with van der Waals surface area (Å²) in [5.74, 6) is 0. The van der Waals surface area contributed by atoms with Crippen molar-refractivity contribution in [2.45, 2.75) is 6.92 Å². The van der Waals surface area contributed by atoms with Crippen LogP contribution in [-0.4, -0.2) is 14.1 Å². The van der Waals surface area contributed by atoms with Gasteiger partial charge in [0, 0.05) is 25.5 Å². The predicted octanol–water partition coefficient (Wildman–Crippen LogP) is 3.31. The monoisotopic (exact) mass is 226 g/mol. The van der Waals surface area contributed by atoms with Crippen molar-refractivity contribution in [3.63, 3.8) is 0 Å². The summed E-state index contributed by atoms with van der Waals surface area (Å²) < 4.78 is 0. The summed E-state index contributed by atoms with van der Waals surface area (Å²) in [6.07, 6.45) is 0. The predicted molar refractivity (Wildman–Crippen MR) is 75.4 cm³/mol. The van der Waals surface area contributed by atoms with Crippen molar-refractivity contribution in [3.05, 3.63) is 48.0 Å². The second-order valence-electron chi connectivity index (χ2n) is 4.57. The minimum atomic E-state index is 0.816. The van der Waals surface area contributed by atoms with Crippen molar-refractivity contribution >= 4 is 11.4 Å². The molecule has 2 rings (SSSR count). The average Bonchev–Trinajstić information content (AvgIpc) is 2.28. The Morgan fingerprint density at radius 2 is 1.53 bits per heavy atom. The van der Waals surface area contributed by atoms with Gasteiger partial charge in [-0.15, -0.1) is 0 Å². The van der Waals surface area contributed by atoms with E-state index in [-0.39, 0.29) is 0 Å². The molecule has 0 heterocycles. The van der Waals surface area contributed by atoms with Crippen LogP contribution < -0.4 is 10.6 Å². The molecular formula is C15H18N2. The largest absolute Gasteiger partial charge is 0.399 e. The van der Waals surface area contributed by atoms with E-state index in [0.717, 1.165) is 5.69 Å².